The van der Waals surface area contributed by atoms with Crippen LogP contribution in [0.25, 0.3) is 10.9 Å². The quantitative estimate of drug-likeness (QED) is 0.791. The average Bonchev–Trinajstić information content (AvgIpc) is 3.03. The van der Waals surface area contributed by atoms with Gasteiger partial charge in [0, 0.05) is 36.1 Å². The van der Waals surface area contributed by atoms with Crippen LogP contribution in [0.2, 0.25) is 0 Å². The van der Waals surface area contributed by atoms with Gasteiger partial charge in [-0.05, 0) is 57.1 Å². The Kier molecular flexibility index (Phi) is 5.21. The van der Waals surface area contributed by atoms with Gasteiger partial charge in [-0.1, -0.05) is 25.5 Å². The minimum atomic E-state index is -0.199. The maximum Gasteiger partial charge on any atom is 0.228 e. The lowest BCUT2D eigenvalue weighted by Gasteiger charge is -2.59. The molecular formula is C23H33N3O2. The molecule has 5 nitrogen and oxygen atoms in total. The highest BCUT2D eigenvalue weighted by molar-refractivity contribution is 5.80. The number of nitrogens with zero attached hydrogens (tertiary/aromatic N) is 3. The summed E-state index contributed by atoms with van der Waals surface area (Å²) < 4.78 is 2.03. The molecule has 1 atom stereocenters. The zero-order valence-corrected chi connectivity index (χ0v) is 17.4. The Hall–Kier alpha value is -1.88. The van der Waals surface area contributed by atoms with Gasteiger partial charge in [0.25, 0.3) is 0 Å². The van der Waals surface area contributed by atoms with Crippen LogP contribution in [0.15, 0.2) is 24.4 Å². The van der Waals surface area contributed by atoms with Crippen LogP contribution in [-0.2, 0) is 11.2 Å². The van der Waals surface area contributed by atoms with Crippen molar-refractivity contribution in [2.24, 2.45) is 17.3 Å². The first-order valence-corrected chi connectivity index (χ1v) is 10.8. The maximum atomic E-state index is 12.5. The van der Waals surface area contributed by atoms with Crippen LogP contribution < -0.4 is 0 Å². The topological polar surface area (TPSA) is 58.4 Å². The number of rotatable bonds is 7. The van der Waals surface area contributed by atoms with Crippen molar-refractivity contribution in [1.82, 2.24) is 14.7 Å². The average molecular weight is 384 g/mol. The smallest absolute Gasteiger partial charge is 0.228 e. The van der Waals surface area contributed by atoms with E-state index in [1.165, 1.54) is 23.8 Å². The van der Waals surface area contributed by atoms with Gasteiger partial charge >= 0.3 is 0 Å². The number of aliphatic hydroxyl groups is 1. The van der Waals surface area contributed by atoms with Gasteiger partial charge in [-0.25, -0.2) is 0 Å². The van der Waals surface area contributed by atoms with E-state index in [9.17, 15) is 9.90 Å². The number of hydrogen-bond donors (Lipinski definition) is 1. The summed E-state index contributed by atoms with van der Waals surface area (Å²) in [4.78, 5) is 14.4. The first kappa shape index (κ1) is 19.4. The Morgan fingerprint density at radius 3 is 2.71 bits per heavy atom. The summed E-state index contributed by atoms with van der Waals surface area (Å²) in [7, 11) is 0. The van der Waals surface area contributed by atoms with Gasteiger partial charge in [0.05, 0.1) is 18.0 Å². The molecule has 1 saturated heterocycles. The lowest BCUT2D eigenvalue weighted by atomic mass is 9.56. The van der Waals surface area contributed by atoms with Gasteiger partial charge in [0.15, 0.2) is 0 Å². The van der Waals surface area contributed by atoms with Crippen molar-refractivity contribution in [3.63, 3.8) is 0 Å². The summed E-state index contributed by atoms with van der Waals surface area (Å²) in [5.41, 5.74) is 2.82. The number of aliphatic hydroxyl groups excluding tert-OH is 1. The second kappa shape index (κ2) is 7.51. The maximum absolute atomic E-state index is 12.5. The van der Waals surface area contributed by atoms with Crippen LogP contribution in [0.3, 0.4) is 0 Å². The number of likely N-dealkylation sites (tertiary alicyclic amines) is 1. The van der Waals surface area contributed by atoms with Crippen molar-refractivity contribution < 1.29 is 9.90 Å². The van der Waals surface area contributed by atoms with E-state index in [4.69, 9.17) is 5.10 Å². The first-order chi connectivity index (χ1) is 13.4. The molecule has 5 heteroatoms. The molecule has 2 aliphatic rings. The molecule has 1 aliphatic carbocycles. The third-order valence-corrected chi connectivity index (χ3v) is 6.66. The van der Waals surface area contributed by atoms with Crippen molar-refractivity contribution >= 4 is 16.8 Å². The molecule has 2 heterocycles. The van der Waals surface area contributed by atoms with E-state index in [2.05, 4.69) is 45.2 Å². The molecule has 2 aromatic rings. The minimum Gasteiger partial charge on any atom is -0.396 e. The van der Waals surface area contributed by atoms with Crippen molar-refractivity contribution in [3.8, 4) is 0 Å². The number of aromatic nitrogens is 2. The summed E-state index contributed by atoms with van der Waals surface area (Å²) >= 11 is 0. The molecule has 4 rings (SSSR count). The first-order valence-electron chi connectivity index (χ1n) is 10.8. The number of carbonyl (C=O) groups is 1. The van der Waals surface area contributed by atoms with E-state index in [1.54, 1.807) is 0 Å². The molecule has 1 aromatic heterocycles. The zero-order valence-electron chi connectivity index (χ0n) is 17.4. The number of amides is 1. The second-order valence-corrected chi connectivity index (χ2v) is 9.44. The Bertz CT molecular complexity index is 843. The molecule has 0 radical (unpaired) electrons. The Labute approximate surface area is 167 Å². The van der Waals surface area contributed by atoms with Crippen molar-refractivity contribution in [1.29, 1.82) is 0 Å². The van der Waals surface area contributed by atoms with Crippen LogP contribution >= 0.6 is 0 Å². The Balaban J connectivity index is 1.29. The fourth-order valence-corrected chi connectivity index (χ4v) is 5.19. The van der Waals surface area contributed by atoms with E-state index in [1.807, 2.05) is 9.58 Å². The van der Waals surface area contributed by atoms with Crippen molar-refractivity contribution in [2.45, 2.75) is 58.9 Å². The fraction of sp³-hybridized carbons (Fsp3) is 0.652. The van der Waals surface area contributed by atoms with Crippen LogP contribution in [0.4, 0.5) is 0 Å². The number of carbonyl (C=O) groups excluding carboxylic acids is 1. The molecular weight excluding hydrogens is 350 g/mol. The van der Waals surface area contributed by atoms with Gasteiger partial charge in [-0.3, -0.25) is 9.48 Å². The Morgan fingerprint density at radius 1 is 1.32 bits per heavy atom. The summed E-state index contributed by atoms with van der Waals surface area (Å²) in [6, 6.07) is 7.06. The van der Waals surface area contributed by atoms with Gasteiger partial charge in [-0.2, -0.15) is 5.10 Å². The Morgan fingerprint density at radius 2 is 2.07 bits per heavy atom. The monoisotopic (exact) mass is 383 g/mol. The fourth-order valence-electron chi connectivity index (χ4n) is 5.19. The highest BCUT2D eigenvalue weighted by Crippen LogP contribution is 2.53. The third-order valence-electron chi connectivity index (χ3n) is 6.66. The lowest BCUT2D eigenvalue weighted by molar-refractivity contribution is -0.160. The predicted molar refractivity (Wildman–Crippen MR) is 111 cm³/mol. The van der Waals surface area contributed by atoms with E-state index in [0.29, 0.717) is 17.4 Å². The number of fused-ring (bicyclic) bond motifs is 1. The summed E-state index contributed by atoms with van der Waals surface area (Å²) in [5.74, 6) is 0.673. The lowest BCUT2D eigenvalue weighted by Crippen LogP contribution is -2.65. The molecule has 1 N–H and O–H groups in total. The molecule has 2 fully saturated rings. The summed E-state index contributed by atoms with van der Waals surface area (Å²) in [6.07, 6.45) is 7.39. The second-order valence-electron chi connectivity index (χ2n) is 9.44. The normalized spacial score (nSPS) is 19.8. The van der Waals surface area contributed by atoms with Crippen LogP contribution in [0, 0.1) is 17.3 Å². The van der Waals surface area contributed by atoms with E-state index < -0.39 is 0 Å². The molecule has 1 saturated carbocycles. The largest absolute Gasteiger partial charge is 0.396 e. The number of hydrogen-bond acceptors (Lipinski definition) is 3. The standard InChI is InChI=1S/C23H33N3O2/c1-4-5-20(13-27)22(28)25-14-23(15-25)10-18(11-23)8-17-6-7-19-12-26(16(2)3)24-21(19)9-17/h6-7,9,12,16,18,20,27H,4-5,8,10-11,13-15H2,1-3H3/t20-/m1/s1. The van der Waals surface area contributed by atoms with Gasteiger partial charge in [0.2, 0.25) is 5.91 Å². The van der Waals surface area contributed by atoms with Gasteiger partial charge in [-0.15, -0.1) is 0 Å². The molecule has 152 valence electrons. The van der Waals surface area contributed by atoms with E-state index in [0.717, 1.165) is 37.9 Å². The van der Waals surface area contributed by atoms with Crippen LogP contribution in [0.5, 0.6) is 0 Å². The predicted octanol–water partition coefficient (Wildman–Crippen LogP) is 3.81. The van der Waals surface area contributed by atoms with Crippen LogP contribution in [-0.4, -0.2) is 45.4 Å². The van der Waals surface area contributed by atoms with Crippen LogP contribution in [0.1, 0.15) is 58.1 Å². The van der Waals surface area contributed by atoms with Crippen molar-refractivity contribution in [2.75, 3.05) is 19.7 Å². The molecule has 1 spiro atoms. The zero-order chi connectivity index (χ0) is 19.9. The molecule has 1 amide bonds. The number of benzene rings is 1. The van der Waals surface area contributed by atoms with E-state index >= 15 is 0 Å². The van der Waals surface area contributed by atoms with Crippen molar-refractivity contribution in [3.05, 3.63) is 30.0 Å². The highest BCUT2D eigenvalue weighted by Gasteiger charge is 2.53. The van der Waals surface area contributed by atoms with Gasteiger partial charge in [0.1, 0.15) is 0 Å². The molecule has 28 heavy (non-hydrogen) atoms. The van der Waals surface area contributed by atoms with Gasteiger partial charge < -0.3 is 10.0 Å². The third kappa shape index (κ3) is 3.57. The highest BCUT2D eigenvalue weighted by atomic mass is 16.3. The molecule has 1 aromatic carbocycles. The molecule has 1 aliphatic heterocycles. The SMILES string of the molecule is CCC[C@H](CO)C(=O)N1CC2(CC(Cc3ccc4cn(C(C)C)nc4c3)C2)C1. The van der Waals surface area contributed by atoms with E-state index in [-0.39, 0.29) is 18.4 Å². The molecule has 0 bridgehead atoms. The minimum absolute atomic E-state index is 0.0200. The summed E-state index contributed by atoms with van der Waals surface area (Å²) in [6.45, 7) is 8.12. The molecule has 0 unspecified atom stereocenters. The summed E-state index contributed by atoms with van der Waals surface area (Å²) in [5, 5.41) is 15.4.